The topological polar surface area (TPSA) is 55.4 Å². The summed E-state index contributed by atoms with van der Waals surface area (Å²) in [5.41, 5.74) is 0.801. The van der Waals surface area contributed by atoms with Crippen LogP contribution in [-0.4, -0.2) is 18.3 Å². The van der Waals surface area contributed by atoms with Crippen molar-refractivity contribution >= 4 is 17.4 Å². The molecule has 0 unspecified atom stereocenters. The van der Waals surface area contributed by atoms with Gasteiger partial charge < -0.3 is 10.1 Å². The lowest BCUT2D eigenvalue weighted by atomic mass is 10.1. The second kappa shape index (κ2) is 7.36. The number of hydrogen-bond acceptors (Lipinski definition) is 3. The number of rotatable bonds is 6. The van der Waals surface area contributed by atoms with Gasteiger partial charge in [-0.3, -0.25) is 9.59 Å². The fourth-order valence-corrected chi connectivity index (χ4v) is 1.90. The van der Waals surface area contributed by atoms with Crippen molar-refractivity contribution in [3.8, 4) is 5.75 Å². The Morgan fingerprint density at radius 1 is 1.14 bits per heavy atom. The molecule has 22 heavy (non-hydrogen) atoms. The zero-order valence-corrected chi connectivity index (χ0v) is 12.1. The lowest BCUT2D eigenvalue weighted by molar-refractivity contribution is -0.118. The van der Waals surface area contributed by atoms with Crippen molar-refractivity contribution in [3.63, 3.8) is 0 Å². The van der Waals surface area contributed by atoms with Crippen molar-refractivity contribution in [3.05, 3.63) is 59.9 Å². The molecule has 4 nitrogen and oxygen atoms in total. The molecule has 2 aromatic carbocycles. The molecule has 1 amide bonds. The van der Waals surface area contributed by atoms with Crippen LogP contribution < -0.4 is 10.1 Å². The third kappa shape index (κ3) is 4.15. The number of benzene rings is 2. The van der Waals surface area contributed by atoms with Gasteiger partial charge in [0.05, 0.1) is 5.56 Å². The van der Waals surface area contributed by atoms with E-state index in [1.54, 1.807) is 31.2 Å². The Labute approximate surface area is 127 Å². The monoisotopic (exact) mass is 301 g/mol. The van der Waals surface area contributed by atoms with Gasteiger partial charge in [0.2, 0.25) is 0 Å². The molecule has 2 aromatic rings. The highest BCUT2D eigenvalue weighted by atomic mass is 19.1. The molecule has 0 saturated heterocycles. The average molecular weight is 301 g/mol. The maximum Gasteiger partial charge on any atom is 0.262 e. The number of amides is 1. The van der Waals surface area contributed by atoms with Crippen molar-refractivity contribution in [1.82, 2.24) is 0 Å². The van der Waals surface area contributed by atoms with Gasteiger partial charge in [0.1, 0.15) is 11.6 Å². The summed E-state index contributed by atoms with van der Waals surface area (Å²) in [6.07, 6.45) is 0.232. The molecule has 1 N–H and O–H groups in total. The molecular formula is C17H16FNO3. The van der Waals surface area contributed by atoms with E-state index < -0.39 is 5.82 Å². The molecule has 0 radical (unpaired) electrons. The summed E-state index contributed by atoms with van der Waals surface area (Å²) in [7, 11) is 0. The van der Waals surface area contributed by atoms with Crippen LogP contribution >= 0.6 is 0 Å². The number of ether oxygens (including phenoxy) is 1. The van der Waals surface area contributed by atoms with Crippen LogP contribution in [0, 0.1) is 5.82 Å². The van der Waals surface area contributed by atoms with Crippen LogP contribution in [0.2, 0.25) is 0 Å². The SMILES string of the molecule is CCC(=O)c1cc(F)ccc1OCC(=O)Nc1ccccc1. The fourth-order valence-electron chi connectivity index (χ4n) is 1.90. The van der Waals surface area contributed by atoms with Gasteiger partial charge in [-0.25, -0.2) is 4.39 Å². The minimum atomic E-state index is -0.516. The van der Waals surface area contributed by atoms with Gasteiger partial charge in [0.25, 0.3) is 5.91 Å². The molecule has 2 rings (SSSR count). The van der Waals surface area contributed by atoms with Crippen molar-refractivity contribution in [2.45, 2.75) is 13.3 Å². The zero-order chi connectivity index (χ0) is 15.9. The first-order valence-electron chi connectivity index (χ1n) is 6.90. The predicted octanol–water partition coefficient (Wildman–Crippen LogP) is 3.44. The van der Waals surface area contributed by atoms with Gasteiger partial charge in [0, 0.05) is 12.1 Å². The van der Waals surface area contributed by atoms with Crippen LogP contribution in [0.5, 0.6) is 5.75 Å². The molecule has 0 heterocycles. The Kier molecular flexibility index (Phi) is 5.25. The molecule has 0 aliphatic carbocycles. The number of carbonyl (C=O) groups is 2. The number of nitrogens with one attached hydrogen (secondary N) is 1. The Balaban J connectivity index is 2.02. The Morgan fingerprint density at radius 3 is 2.55 bits per heavy atom. The summed E-state index contributed by atoms with van der Waals surface area (Å²) in [6.45, 7) is 1.42. The molecule has 114 valence electrons. The standard InChI is InChI=1S/C17H16FNO3/c1-2-15(20)14-10-12(18)8-9-16(14)22-11-17(21)19-13-6-4-3-5-7-13/h3-10H,2,11H2,1H3,(H,19,21). The summed E-state index contributed by atoms with van der Waals surface area (Å²) in [6, 6.07) is 12.6. The van der Waals surface area contributed by atoms with Crippen LogP contribution in [0.4, 0.5) is 10.1 Å². The summed E-state index contributed by atoms with van der Waals surface area (Å²) >= 11 is 0. The first-order valence-corrected chi connectivity index (χ1v) is 6.90. The molecule has 0 saturated carbocycles. The van der Waals surface area contributed by atoms with E-state index in [2.05, 4.69) is 5.32 Å². The zero-order valence-electron chi connectivity index (χ0n) is 12.1. The van der Waals surface area contributed by atoms with Crippen LogP contribution in [0.15, 0.2) is 48.5 Å². The summed E-state index contributed by atoms with van der Waals surface area (Å²) < 4.78 is 18.6. The van der Waals surface area contributed by atoms with Gasteiger partial charge in [-0.2, -0.15) is 0 Å². The highest BCUT2D eigenvalue weighted by Gasteiger charge is 2.13. The van der Waals surface area contributed by atoms with Crippen LogP contribution in [0.3, 0.4) is 0 Å². The van der Waals surface area contributed by atoms with E-state index in [0.717, 1.165) is 6.07 Å². The number of ketones is 1. The van der Waals surface area contributed by atoms with Crippen LogP contribution in [0.25, 0.3) is 0 Å². The lowest BCUT2D eigenvalue weighted by Crippen LogP contribution is -2.20. The summed E-state index contributed by atoms with van der Waals surface area (Å²) in [5.74, 6) is -0.905. The number of Topliss-reactive ketones (excluding diaryl/α,β-unsaturated/α-hetero) is 1. The third-order valence-corrected chi connectivity index (χ3v) is 2.98. The maximum atomic E-state index is 13.2. The normalized spacial score (nSPS) is 10.1. The van der Waals surface area contributed by atoms with Crippen LogP contribution in [0.1, 0.15) is 23.7 Å². The smallest absolute Gasteiger partial charge is 0.262 e. The maximum absolute atomic E-state index is 13.2. The molecule has 0 aliphatic heterocycles. The van der Waals surface area contributed by atoms with E-state index in [0.29, 0.717) is 5.69 Å². The highest BCUT2D eigenvalue weighted by molar-refractivity contribution is 5.98. The predicted molar refractivity (Wildman–Crippen MR) is 81.6 cm³/mol. The van der Waals surface area contributed by atoms with E-state index in [9.17, 15) is 14.0 Å². The minimum absolute atomic E-state index is 0.148. The van der Waals surface area contributed by atoms with Gasteiger partial charge in [-0.1, -0.05) is 25.1 Å². The third-order valence-electron chi connectivity index (χ3n) is 2.98. The Morgan fingerprint density at radius 2 is 1.86 bits per heavy atom. The van der Waals surface area contributed by atoms with E-state index in [-0.39, 0.29) is 36.0 Å². The Hall–Kier alpha value is -2.69. The van der Waals surface area contributed by atoms with E-state index >= 15 is 0 Å². The number of carbonyl (C=O) groups excluding carboxylic acids is 2. The van der Waals surface area contributed by atoms with Gasteiger partial charge >= 0.3 is 0 Å². The second-order valence-electron chi connectivity index (χ2n) is 4.62. The van der Waals surface area contributed by atoms with E-state index in [1.165, 1.54) is 12.1 Å². The quantitative estimate of drug-likeness (QED) is 0.832. The first-order chi connectivity index (χ1) is 10.6. The van der Waals surface area contributed by atoms with Crippen molar-refractivity contribution in [1.29, 1.82) is 0 Å². The largest absolute Gasteiger partial charge is 0.483 e. The van der Waals surface area contributed by atoms with E-state index in [1.807, 2.05) is 6.07 Å². The van der Waals surface area contributed by atoms with E-state index in [4.69, 9.17) is 4.74 Å². The van der Waals surface area contributed by atoms with Gasteiger partial charge in [-0.15, -0.1) is 0 Å². The number of anilines is 1. The van der Waals surface area contributed by atoms with Gasteiger partial charge in [0.15, 0.2) is 12.4 Å². The molecule has 0 fully saturated rings. The van der Waals surface area contributed by atoms with Crippen LogP contribution in [-0.2, 0) is 4.79 Å². The van der Waals surface area contributed by atoms with Crippen molar-refractivity contribution < 1.29 is 18.7 Å². The minimum Gasteiger partial charge on any atom is -0.483 e. The number of hydrogen-bond donors (Lipinski definition) is 1. The summed E-state index contributed by atoms with van der Waals surface area (Å²) in [4.78, 5) is 23.6. The van der Waals surface area contributed by atoms with Crippen molar-refractivity contribution in [2.75, 3.05) is 11.9 Å². The number of halogens is 1. The fraction of sp³-hybridized carbons (Fsp3) is 0.176. The highest BCUT2D eigenvalue weighted by Crippen LogP contribution is 2.21. The molecule has 0 aromatic heterocycles. The van der Waals surface area contributed by atoms with Crippen molar-refractivity contribution in [2.24, 2.45) is 0 Å². The number of para-hydroxylation sites is 1. The van der Waals surface area contributed by atoms with Gasteiger partial charge in [-0.05, 0) is 30.3 Å². The summed E-state index contributed by atoms with van der Waals surface area (Å²) in [5, 5.41) is 2.66. The average Bonchev–Trinajstić information content (AvgIpc) is 2.53. The lowest BCUT2D eigenvalue weighted by Gasteiger charge is -2.11. The molecular weight excluding hydrogens is 285 g/mol. The first kappa shape index (κ1) is 15.7. The second-order valence-corrected chi connectivity index (χ2v) is 4.62. The molecule has 0 bridgehead atoms. The molecule has 5 heteroatoms. The Bertz CT molecular complexity index is 671. The molecule has 0 atom stereocenters. The molecule has 0 aliphatic rings. The molecule has 0 spiro atoms.